The van der Waals surface area contributed by atoms with Gasteiger partial charge in [0.15, 0.2) is 5.71 Å². The Labute approximate surface area is 75.4 Å². The van der Waals surface area contributed by atoms with Crippen LogP contribution in [0.4, 0.5) is 0 Å². The van der Waals surface area contributed by atoms with E-state index in [1.807, 2.05) is 18.2 Å². The van der Waals surface area contributed by atoms with Crippen LogP contribution in [0.25, 0.3) is 0 Å². The third kappa shape index (κ3) is 1.15. The van der Waals surface area contributed by atoms with Crippen molar-refractivity contribution < 1.29 is 14.7 Å². The SMILES string of the molecule is COC1Oc2ccccc2/C1=N/O. The Bertz CT molecular complexity index is 348. The summed E-state index contributed by atoms with van der Waals surface area (Å²) in [5.41, 5.74) is 1.19. The fourth-order valence-electron chi connectivity index (χ4n) is 1.34. The van der Waals surface area contributed by atoms with Crippen LogP contribution in [0.1, 0.15) is 5.56 Å². The van der Waals surface area contributed by atoms with Crippen molar-refractivity contribution in [2.75, 3.05) is 7.11 Å². The third-order valence-electron chi connectivity index (χ3n) is 1.94. The molecule has 4 heteroatoms. The van der Waals surface area contributed by atoms with E-state index in [1.54, 1.807) is 6.07 Å². The molecule has 1 atom stereocenters. The van der Waals surface area contributed by atoms with Crippen LogP contribution >= 0.6 is 0 Å². The Balaban J connectivity index is 2.46. The highest BCUT2D eigenvalue weighted by Gasteiger charge is 2.30. The number of fused-ring (bicyclic) bond motifs is 1. The van der Waals surface area contributed by atoms with Crippen molar-refractivity contribution in [3.05, 3.63) is 29.8 Å². The second-order valence-corrected chi connectivity index (χ2v) is 2.67. The number of hydrogen-bond donors (Lipinski definition) is 1. The van der Waals surface area contributed by atoms with Crippen molar-refractivity contribution in [2.24, 2.45) is 5.16 Å². The smallest absolute Gasteiger partial charge is 0.247 e. The summed E-state index contributed by atoms with van der Waals surface area (Å²) >= 11 is 0. The molecule has 0 radical (unpaired) electrons. The first kappa shape index (κ1) is 8.07. The second kappa shape index (κ2) is 3.06. The molecule has 1 aliphatic heterocycles. The van der Waals surface area contributed by atoms with Crippen LogP contribution in [0.15, 0.2) is 29.4 Å². The first-order valence-electron chi connectivity index (χ1n) is 3.87. The number of para-hydroxylation sites is 1. The summed E-state index contributed by atoms with van der Waals surface area (Å²) in [5.74, 6) is 0.683. The lowest BCUT2D eigenvalue weighted by Gasteiger charge is -2.06. The van der Waals surface area contributed by atoms with Crippen LogP contribution in [0.3, 0.4) is 0 Å². The van der Waals surface area contributed by atoms with E-state index in [1.165, 1.54) is 7.11 Å². The maximum Gasteiger partial charge on any atom is 0.247 e. The molecular weight excluding hydrogens is 170 g/mol. The minimum atomic E-state index is -0.595. The summed E-state index contributed by atoms with van der Waals surface area (Å²) in [5, 5.41) is 11.9. The van der Waals surface area contributed by atoms with Gasteiger partial charge in [-0.3, -0.25) is 0 Å². The lowest BCUT2D eigenvalue weighted by Crippen LogP contribution is -2.23. The van der Waals surface area contributed by atoms with Gasteiger partial charge >= 0.3 is 0 Å². The Kier molecular flexibility index (Phi) is 1.90. The Morgan fingerprint density at radius 1 is 1.46 bits per heavy atom. The standard InChI is InChI=1S/C9H9NO3/c1-12-9-8(10-11)6-4-2-3-5-7(6)13-9/h2-5,9,11H,1H3/b10-8-. The number of rotatable bonds is 1. The number of methoxy groups -OCH3 is 1. The lowest BCUT2D eigenvalue weighted by molar-refractivity contribution is 0.00639. The van der Waals surface area contributed by atoms with Gasteiger partial charge in [-0.15, -0.1) is 0 Å². The molecule has 0 aliphatic carbocycles. The lowest BCUT2D eigenvalue weighted by atomic mass is 10.1. The van der Waals surface area contributed by atoms with E-state index < -0.39 is 6.29 Å². The molecular formula is C9H9NO3. The molecule has 68 valence electrons. The molecule has 0 aromatic heterocycles. The monoisotopic (exact) mass is 179 g/mol. The van der Waals surface area contributed by atoms with Gasteiger partial charge in [0.05, 0.1) is 0 Å². The number of oxime groups is 1. The minimum Gasteiger partial charge on any atom is -0.458 e. The van der Waals surface area contributed by atoms with Gasteiger partial charge in [0.1, 0.15) is 5.75 Å². The summed E-state index contributed by atoms with van der Waals surface area (Å²) in [6, 6.07) is 7.33. The van der Waals surface area contributed by atoms with Crippen LogP contribution in [0, 0.1) is 0 Å². The highest BCUT2D eigenvalue weighted by molar-refractivity contribution is 6.07. The molecule has 0 fully saturated rings. The first-order valence-corrected chi connectivity index (χ1v) is 3.87. The van der Waals surface area contributed by atoms with E-state index in [9.17, 15) is 0 Å². The predicted molar refractivity (Wildman–Crippen MR) is 46.2 cm³/mol. The van der Waals surface area contributed by atoms with Gasteiger partial charge in [-0.05, 0) is 12.1 Å². The predicted octanol–water partition coefficient (Wildman–Crippen LogP) is 1.23. The first-order chi connectivity index (χ1) is 6.36. The minimum absolute atomic E-state index is 0.415. The molecule has 1 N–H and O–H groups in total. The Hall–Kier alpha value is -1.55. The molecule has 0 amide bonds. The zero-order valence-corrected chi connectivity index (χ0v) is 7.10. The van der Waals surface area contributed by atoms with Gasteiger partial charge in [0.2, 0.25) is 6.29 Å². The van der Waals surface area contributed by atoms with Gasteiger partial charge in [0, 0.05) is 12.7 Å². The Morgan fingerprint density at radius 2 is 2.23 bits per heavy atom. The van der Waals surface area contributed by atoms with E-state index >= 15 is 0 Å². The van der Waals surface area contributed by atoms with E-state index in [4.69, 9.17) is 14.7 Å². The van der Waals surface area contributed by atoms with Crippen LogP contribution in [-0.4, -0.2) is 24.3 Å². The molecule has 1 unspecified atom stereocenters. The van der Waals surface area contributed by atoms with Crippen molar-refractivity contribution in [1.29, 1.82) is 0 Å². The molecule has 4 nitrogen and oxygen atoms in total. The molecule has 1 aromatic carbocycles. The Morgan fingerprint density at radius 3 is 2.92 bits per heavy atom. The zero-order chi connectivity index (χ0) is 9.26. The topological polar surface area (TPSA) is 51.0 Å². The van der Waals surface area contributed by atoms with Crippen molar-refractivity contribution in [2.45, 2.75) is 6.29 Å². The van der Waals surface area contributed by atoms with E-state index in [-0.39, 0.29) is 0 Å². The number of ether oxygens (including phenoxy) is 2. The van der Waals surface area contributed by atoms with Gasteiger partial charge in [-0.2, -0.15) is 0 Å². The maximum atomic E-state index is 8.74. The van der Waals surface area contributed by atoms with Crippen molar-refractivity contribution in [1.82, 2.24) is 0 Å². The van der Waals surface area contributed by atoms with Crippen LogP contribution in [0.5, 0.6) is 5.75 Å². The zero-order valence-electron chi connectivity index (χ0n) is 7.10. The van der Waals surface area contributed by atoms with Crippen molar-refractivity contribution in [3.8, 4) is 5.75 Å². The largest absolute Gasteiger partial charge is 0.458 e. The summed E-state index contributed by atoms with van der Waals surface area (Å²) in [6.45, 7) is 0. The molecule has 1 heterocycles. The average Bonchev–Trinajstić information content (AvgIpc) is 2.55. The fourth-order valence-corrected chi connectivity index (χ4v) is 1.34. The number of benzene rings is 1. The number of hydrogen-bond acceptors (Lipinski definition) is 4. The average molecular weight is 179 g/mol. The van der Waals surface area contributed by atoms with Crippen molar-refractivity contribution in [3.63, 3.8) is 0 Å². The molecule has 2 rings (SSSR count). The summed E-state index contributed by atoms with van der Waals surface area (Å²) < 4.78 is 10.3. The van der Waals surface area contributed by atoms with E-state index in [2.05, 4.69) is 5.16 Å². The normalized spacial score (nSPS) is 22.8. The second-order valence-electron chi connectivity index (χ2n) is 2.67. The van der Waals surface area contributed by atoms with Crippen molar-refractivity contribution >= 4 is 5.71 Å². The maximum absolute atomic E-state index is 8.74. The molecule has 0 bridgehead atoms. The van der Waals surface area contributed by atoms with Gasteiger partial charge < -0.3 is 14.7 Å². The van der Waals surface area contributed by atoms with Gasteiger partial charge in [-0.1, -0.05) is 17.3 Å². The van der Waals surface area contributed by atoms with E-state index in [0.717, 1.165) is 5.56 Å². The summed E-state index contributed by atoms with van der Waals surface area (Å²) in [4.78, 5) is 0. The number of nitrogens with zero attached hydrogens (tertiary/aromatic N) is 1. The van der Waals surface area contributed by atoms with Crippen LogP contribution in [0.2, 0.25) is 0 Å². The molecule has 1 aliphatic rings. The highest BCUT2D eigenvalue weighted by atomic mass is 16.7. The molecule has 0 spiro atoms. The van der Waals surface area contributed by atoms with Gasteiger partial charge in [-0.25, -0.2) is 0 Å². The molecule has 0 saturated carbocycles. The van der Waals surface area contributed by atoms with Gasteiger partial charge in [0.25, 0.3) is 0 Å². The quantitative estimate of drug-likeness (QED) is 0.521. The highest BCUT2D eigenvalue weighted by Crippen LogP contribution is 2.28. The summed E-state index contributed by atoms with van der Waals surface area (Å²) in [7, 11) is 1.50. The fraction of sp³-hybridized carbons (Fsp3) is 0.222. The molecule has 0 saturated heterocycles. The summed E-state index contributed by atoms with van der Waals surface area (Å²) in [6.07, 6.45) is -0.595. The van der Waals surface area contributed by atoms with Crippen LogP contribution in [-0.2, 0) is 4.74 Å². The molecule has 1 aromatic rings. The molecule has 13 heavy (non-hydrogen) atoms. The van der Waals surface area contributed by atoms with E-state index in [0.29, 0.717) is 11.5 Å². The van der Waals surface area contributed by atoms with Crippen LogP contribution < -0.4 is 4.74 Å². The third-order valence-corrected chi connectivity index (χ3v) is 1.94.